The zero-order valence-electron chi connectivity index (χ0n) is 10.7. The summed E-state index contributed by atoms with van der Waals surface area (Å²) in [5.74, 6) is 0.324. The van der Waals surface area contributed by atoms with Gasteiger partial charge < -0.3 is 20.9 Å². The summed E-state index contributed by atoms with van der Waals surface area (Å²) >= 11 is 5.95. The van der Waals surface area contributed by atoms with Gasteiger partial charge in [-0.25, -0.2) is 4.79 Å². The summed E-state index contributed by atoms with van der Waals surface area (Å²) in [6, 6.07) is 9.31. The molecule has 2 aromatic carbocycles. The molecule has 104 valence electrons. The van der Waals surface area contributed by atoms with E-state index in [0.29, 0.717) is 21.9 Å². The van der Waals surface area contributed by atoms with E-state index in [0.717, 1.165) is 0 Å². The molecule has 0 aliphatic rings. The molecule has 0 radical (unpaired) electrons. The predicted molar refractivity (Wildman–Crippen MR) is 78.3 cm³/mol. The Hall–Kier alpha value is -2.40. The van der Waals surface area contributed by atoms with Crippen molar-refractivity contribution in [1.82, 2.24) is 0 Å². The van der Waals surface area contributed by atoms with Crippen LogP contribution < -0.4 is 15.8 Å². The maximum Gasteiger partial charge on any atom is 0.316 e. The fraction of sp³-hybridized carbons (Fsp3) is 0.0714. The summed E-state index contributed by atoms with van der Waals surface area (Å²) in [6.07, 6.45) is 0. The third-order valence-corrected chi connectivity index (χ3v) is 2.97. The Morgan fingerprint density at radius 3 is 2.70 bits per heavy atom. The van der Waals surface area contributed by atoms with Gasteiger partial charge in [0, 0.05) is 5.02 Å². The number of nitrogens with one attached hydrogen (secondary N) is 1. The first-order chi connectivity index (χ1) is 9.52. The van der Waals surface area contributed by atoms with Crippen LogP contribution in [0.25, 0.3) is 11.1 Å². The number of carbonyl (C=O) groups excluding carboxylic acids is 1. The summed E-state index contributed by atoms with van der Waals surface area (Å²) in [5.41, 5.74) is 6.36. The van der Waals surface area contributed by atoms with Gasteiger partial charge >= 0.3 is 6.03 Å². The molecule has 4 N–H and O–H groups in total. The van der Waals surface area contributed by atoms with Crippen LogP contribution in [0.15, 0.2) is 36.4 Å². The lowest BCUT2D eigenvalue weighted by atomic mass is 10.0. The number of nitrogens with two attached hydrogens (primary N) is 1. The molecule has 0 saturated carbocycles. The molecular formula is C14H13ClN2O3. The number of carbonyl (C=O) groups is 1. The number of primary amides is 1. The van der Waals surface area contributed by atoms with E-state index in [4.69, 9.17) is 22.1 Å². The van der Waals surface area contributed by atoms with Crippen LogP contribution in [0.4, 0.5) is 10.5 Å². The normalized spacial score (nSPS) is 10.1. The molecule has 2 amide bonds. The van der Waals surface area contributed by atoms with E-state index in [9.17, 15) is 9.90 Å². The average Bonchev–Trinajstić information content (AvgIpc) is 2.40. The Labute approximate surface area is 120 Å². The summed E-state index contributed by atoms with van der Waals surface area (Å²) in [4.78, 5) is 10.9. The minimum atomic E-state index is -0.762. The fourth-order valence-corrected chi connectivity index (χ4v) is 2.09. The number of methoxy groups -OCH3 is 1. The largest absolute Gasteiger partial charge is 0.505 e. The van der Waals surface area contributed by atoms with Crippen LogP contribution >= 0.6 is 11.6 Å². The second kappa shape index (κ2) is 5.71. The minimum Gasteiger partial charge on any atom is -0.505 e. The Morgan fingerprint density at radius 1 is 1.35 bits per heavy atom. The van der Waals surface area contributed by atoms with E-state index >= 15 is 0 Å². The highest BCUT2D eigenvalue weighted by Crippen LogP contribution is 2.42. The van der Waals surface area contributed by atoms with Crippen LogP contribution in [-0.4, -0.2) is 18.2 Å². The van der Waals surface area contributed by atoms with Gasteiger partial charge in [0.15, 0.2) is 5.75 Å². The van der Waals surface area contributed by atoms with Gasteiger partial charge in [0.25, 0.3) is 0 Å². The molecule has 0 fully saturated rings. The molecule has 0 aliphatic carbocycles. The molecule has 20 heavy (non-hydrogen) atoms. The topological polar surface area (TPSA) is 84.6 Å². The number of phenolic OH excluding ortho intramolecular Hbond substituents is 1. The van der Waals surface area contributed by atoms with E-state index in [-0.39, 0.29) is 11.4 Å². The van der Waals surface area contributed by atoms with Crippen molar-refractivity contribution in [3.05, 3.63) is 41.4 Å². The Kier molecular flexibility index (Phi) is 4.00. The van der Waals surface area contributed by atoms with Crippen molar-refractivity contribution in [3.8, 4) is 22.6 Å². The van der Waals surface area contributed by atoms with E-state index in [1.54, 1.807) is 30.3 Å². The lowest BCUT2D eigenvalue weighted by molar-refractivity contribution is 0.259. The number of urea groups is 1. The molecule has 0 aliphatic heterocycles. The van der Waals surface area contributed by atoms with Gasteiger partial charge in [0.1, 0.15) is 5.75 Å². The average molecular weight is 293 g/mol. The molecule has 0 unspecified atom stereocenters. The maximum atomic E-state index is 10.9. The number of hydrogen-bond acceptors (Lipinski definition) is 3. The summed E-state index contributed by atoms with van der Waals surface area (Å²) in [5, 5.41) is 13.2. The number of rotatable bonds is 3. The van der Waals surface area contributed by atoms with Gasteiger partial charge in [-0.15, -0.1) is 0 Å². The number of amides is 2. The van der Waals surface area contributed by atoms with Crippen LogP contribution in [0.1, 0.15) is 0 Å². The Morgan fingerprint density at radius 2 is 2.10 bits per heavy atom. The molecule has 5 nitrogen and oxygen atoms in total. The van der Waals surface area contributed by atoms with Crippen LogP contribution in [0, 0.1) is 0 Å². The number of benzene rings is 2. The maximum absolute atomic E-state index is 10.9. The van der Waals surface area contributed by atoms with E-state index in [1.807, 2.05) is 0 Å². The van der Waals surface area contributed by atoms with Crippen LogP contribution in [0.2, 0.25) is 5.02 Å². The zero-order chi connectivity index (χ0) is 14.7. The first-order valence-corrected chi connectivity index (χ1v) is 6.13. The van der Waals surface area contributed by atoms with Crippen LogP contribution in [0.5, 0.6) is 11.5 Å². The van der Waals surface area contributed by atoms with Crippen molar-refractivity contribution in [3.63, 3.8) is 0 Å². The third-order valence-electron chi connectivity index (χ3n) is 2.73. The molecule has 2 rings (SSSR count). The molecule has 2 aromatic rings. The van der Waals surface area contributed by atoms with Gasteiger partial charge in [-0.05, 0) is 29.8 Å². The minimum absolute atomic E-state index is 0.134. The lowest BCUT2D eigenvalue weighted by Crippen LogP contribution is -2.19. The lowest BCUT2D eigenvalue weighted by Gasteiger charge is -2.14. The highest BCUT2D eigenvalue weighted by molar-refractivity contribution is 6.30. The summed E-state index contributed by atoms with van der Waals surface area (Å²) in [7, 11) is 1.49. The number of halogens is 1. The fourth-order valence-electron chi connectivity index (χ4n) is 1.90. The van der Waals surface area contributed by atoms with Crippen molar-refractivity contribution in [2.45, 2.75) is 0 Å². The summed E-state index contributed by atoms with van der Waals surface area (Å²) < 4.78 is 5.23. The van der Waals surface area contributed by atoms with Gasteiger partial charge in [-0.3, -0.25) is 0 Å². The smallest absolute Gasteiger partial charge is 0.316 e. The number of anilines is 1. The molecule has 0 saturated heterocycles. The van der Waals surface area contributed by atoms with Gasteiger partial charge in [-0.1, -0.05) is 23.7 Å². The van der Waals surface area contributed by atoms with Gasteiger partial charge in [-0.2, -0.15) is 0 Å². The van der Waals surface area contributed by atoms with Crippen molar-refractivity contribution < 1.29 is 14.6 Å². The van der Waals surface area contributed by atoms with E-state index in [2.05, 4.69) is 5.32 Å². The first-order valence-electron chi connectivity index (χ1n) is 5.75. The van der Waals surface area contributed by atoms with Crippen molar-refractivity contribution in [2.75, 3.05) is 12.4 Å². The van der Waals surface area contributed by atoms with E-state index in [1.165, 1.54) is 13.2 Å². The molecule has 0 bridgehead atoms. The standard InChI is InChI=1S/C14H13ClN2O3/c1-20-11-6-5-10(17-14(16)19)13(18)12(11)8-3-2-4-9(15)7-8/h2-7,18H,1H3,(H3,16,17,19). The molecule has 0 aromatic heterocycles. The molecular weight excluding hydrogens is 280 g/mol. The third kappa shape index (κ3) is 2.78. The Balaban J connectivity index is 2.62. The SMILES string of the molecule is COc1ccc(NC(N)=O)c(O)c1-c1cccc(Cl)c1. The van der Waals surface area contributed by atoms with Crippen molar-refractivity contribution in [1.29, 1.82) is 0 Å². The zero-order valence-corrected chi connectivity index (χ0v) is 11.4. The molecule has 6 heteroatoms. The molecule has 0 heterocycles. The van der Waals surface area contributed by atoms with Crippen LogP contribution in [-0.2, 0) is 0 Å². The second-order valence-corrected chi connectivity index (χ2v) is 4.48. The van der Waals surface area contributed by atoms with Gasteiger partial charge in [0.2, 0.25) is 0 Å². The first kappa shape index (κ1) is 14.0. The highest BCUT2D eigenvalue weighted by Gasteiger charge is 2.16. The second-order valence-electron chi connectivity index (χ2n) is 4.04. The van der Waals surface area contributed by atoms with Gasteiger partial charge in [0.05, 0.1) is 18.4 Å². The number of phenols is 1. The van der Waals surface area contributed by atoms with Crippen molar-refractivity contribution in [2.24, 2.45) is 5.73 Å². The quantitative estimate of drug-likeness (QED) is 0.759. The van der Waals surface area contributed by atoms with Crippen molar-refractivity contribution >= 4 is 23.3 Å². The number of aromatic hydroxyl groups is 1. The highest BCUT2D eigenvalue weighted by atomic mass is 35.5. The van der Waals surface area contributed by atoms with E-state index < -0.39 is 6.03 Å². The van der Waals surface area contributed by atoms with Crippen LogP contribution in [0.3, 0.4) is 0 Å². The summed E-state index contributed by atoms with van der Waals surface area (Å²) in [6.45, 7) is 0. The predicted octanol–water partition coefficient (Wildman–Crippen LogP) is 3.21. The monoisotopic (exact) mass is 292 g/mol. The molecule has 0 spiro atoms. The number of hydrogen-bond donors (Lipinski definition) is 3. The Bertz CT molecular complexity index is 659. The number of ether oxygens (including phenoxy) is 1. The molecule has 0 atom stereocenters.